The third-order valence-electron chi connectivity index (χ3n) is 3.58. The summed E-state index contributed by atoms with van der Waals surface area (Å²) in [7, 11) is 1.51. The van der Waals surface area contributed by atoms with Gasteiger partial charge in [0.1, 0.15) is 0 Å². The first kappa shape index (κ1) is 11.9. The van der Waals surface area contributed by atoms with Crippen LogP contribution in [0.3, 0.4) is 0 Å². The summed E-state index contributed by atoms with van der Waals surface area (Å²) in [6, 6.07) is 1.89. The Bertz CT molecular complexity index is 431. The largest absolute Gasteiger partial charge is 0.467 e. The standard InChI is InChI=1S/C11H16ClN5O/c1-18-11-16-9(12)15-10(17-11)14-8-4-6-2-3-7(5-8)13-6/h6-8,13H,2-5H2,1H3,(H,14,15,16,17). The minimum Gasteiger partial charge on any atom is -0.467 e. The number of hydrogen-bond acceptors (Lipinski definition) is 6. The summed E-state index contributed by atoms with van der Waals surface area (Å²) in [5.74, 6) is 0.498. The van der Waals surface area contributed by atoms with E-state index in [4.69, 9.17) is 16.3 Å². The van der Waals surface area contributed by atoms with E-state index in [9.17, 15) is 0 Å². The summed E-state index contributed by atoms with van der Waals surface area (Å²) in [5.41, 5.74) is 0. The van der Waals surface area contributed by atoms with Crippen LogP contribution >= 0.6 is 11.6 Å². The highest BCUT2D eigenvalue weighted by Gasteiger charge is 2.33. The fraction of sp³-hybridized carbons (Fsp3) is 0.727. The molecule has 7 heteroatoms. The van der Waals surface area contributed by atoms with Crippen molar-refractivity contribution in [2.75, 3.05) is 12.4 Å². The van der Waals surface area contributed by atoms with Crippen molar-refractivity contribution in [3.63, 3.8) is 0 Å². The lowest BCUT2D eigenvalue weighted by atomic mass is 10.0. The number of aromatic nitrogens is 3. The van der Waals surface area contributed by atoms with Crippen LogP contribution in [-0.2, 0) is 0 Å². The van der Waals surface area contributed by atoms with E-state index in [0.29, 0.717) is 24.1 Å². The van der Waals surface area contributed by atoms with Crippen LogP contribution in [0.5, 0.6) is 6.01 Å². The Morgan fingerprint density at radius 2 is 1.94 bits per heavy atom. The second kappa shape index (κ2) is 4.85. The lowest BCUT2D eigenvalue weighted by Gasteiger charge is -2.29. The zero-order chi connectivity index (χ0) is 12.5. The number of ether oxygens (including phenoxy) is 1. The average molecular weight is 270 g/mol. The summed E-state index contributed by atoms with van der Waals surface area (Å²) < 4.78 is 4.98. The van der Waals surface area contributed by atoms with Gasteiger partial charge in [-0.25, -0.2) is 0 Å². The van der Waals surface area contributed by atoms with E-state index < -0.39 is 0 Å². The van der Waals surface area contributed by atoms with Crippen molar-refractivity contribution in [2.24, 2.45) is 0 Å². The molecular weight excluding hydrogens is 254 g/mol. The second-order valence-electron chi connectivity index (χ2n) is 4.87. The molecular formula is C11H16ClN5O. The van der Waals surface area contributed by atoms with E-state index in [1.165, 1.54) is 20.0 Å². The molecule has 3 heterocycles. The summed E-state index contributed by atoms with van der Waals surface area (Å²) in [6.07, 6.45) is 4.73. The van der Waals surface area contributed by atoms with Crippen molar-refractivity contribution in [3.05, 3.63) is 5.28 Å². The van der Waals surface area contributed by atoms with Gasteiger partial charge in [0.2, 0.25) is 11.2 Å². The van der Waals surface area contributed by atoms with Gasteiger partial charge >= 0.3 is 6.01 Å². The number of fused-ring (bicyclic) bond motifs is 2. The third-order valence-corrected chi connectivity index (χ3v) is 3.75. The number of methoxy groups -OCH3 is 1. The molecule has 0 radical (unpaired) electrons. The molecule has 0 aliphatic carbocycles. The molecule has 2 unspecified atom stereocenters. The van der Waals surface area contributed by atoms with Gasteiger partial charge in [0.25, 0.3) is 0 Å². The van der Waals surface area contributed by atoms with Crippen LogP contribution in [0.1, 0.15) is 25.7 Å². The van der Waals surface area contributed by atoms with E-state index in [1.807, 2.05) is 0 Å². The quantitative estimate of drug-likeness (QED) is 0.860. The molecule has 2 bridgehead atoms. The predicted octanol–water partition coefficient (Wildman–Crippen LogP) is 1.23. The number of piperidine rings is 1. The second-order valence-corrected chi connectivity index (χ2v) is 5.20. The normalized spacial score (nSPS) is 30.2. The maximum atomic E-state index is 5.82. The first-order chi connectivity index (χ1) is 8.72. The fourth-order valence-corrected chi connectivity index (χ4v) is 3.00. The first-order valence-corrected chi connectivity index (χ1v) is 6.59. The predicted molar refractivity (Wildman–Crippen MR) is 68.0 cm³/mol. The summed E-state index contributed by atoms with van der Waals surface area (Å²) in [5, 5.41) is 7.08. The molecule has 3 rings (SSSR count). The molecule has 18 heavy (non-hydrogen) atoms. The van der Waals surface area contributed by atoms with E-state index in [1.54, 1.807) is 0 Å². The maximum Gasteiger partial charge on any atom is 0.322 e. The van der Waals surface area contributed by atoms with Gasteiger partial charge in [0, 0.05) is 18.1 Å². The molecule has 98 valence electrons. The van der Waals surface area contributed by atoms with Crippen molar-refractivity contribution in [1.82, 2.24) is 20.3 Å². The first-order valence-electron chi connectivity index (χ1n) is 6.21. The van der Waals surface area contributed by atoms with Crippen LogP contribution in [0, 0.1) is 0 Å². The number of nitrogens with zero attached hydrogens (tertiary/aromatic N) is 3. The molecule has 6 nitrogen and oxygen atoms in total. The summed E-state index contributed by atoms with van der Waals surface area (Å²) >= 11 is 5.82. The summed E-state index contributed by atoms with van der Waals surface area (Å²) in [6.45, 7) is 0. The highest BCUT2D eigenvalue weighted by Crippen LogP contribution is 2.28. The zero-order valence-corrected chi connectivity index (χ0v) is 10.9. The monoisotopic (exact) mass is 269 g/mol. The lowest BCUT2D eigenvalue weighted by Crippen LogP contribution is -2.43. The van der Waals surface area contributed by atoms with Gasteiger partial charge in [-0.3, -0.25) is 0 Å². The van der Waals surface area contributed by atoms with Crippen LogP contribution in [-0.4, -0.2) is 40.2 Å². The Kier molecular flexibility index (Phi) is 3.22. The number of nitrogens with one attached hydrogen (secondary N) is 2. The van der Waals surface area contributed by atoms with E-state index in [0.717, 1.165) is 12.8 Å². The molecule has 1 aromatic heterocycles. The number of rotatable bonds is 3. The Hall–Kier alpha value is -1.14. The molecule has 0 amide bonds. The van der Waals surface area contributed by atoms with Crippen molar-refractivity contribution in [1.29, 1.82) is 0 Å². The van der Waals surface area contributed by atoms with Crippen LogP contribution < -0.4 is 15.4 Å². The minimum atomic E-state index is 0.154. The van der Waals surface area contributed by atoms with Gasteiger partial charge in [-0.1, -0.05) is 0 Å². The zero-order valence-electron chi connectivity index (χ0n) is 10.2. The van der Waals surface area contributed by atoms with Gasteiger partial charge in [-0.2, -0.15) is 15.0 Å². The minimum absolute atomic E-state index is 0.154. The van der Waals surface area contributed by atoms with Gasteiger partial charge < -0.3 is 15.4 Å². The van der Waals surface area contributed by atoms with Crippen molar-refractivity contribution < 1.29 is 4.74 Å². The average Bonchev–Trinajstić information content (AvgIpc) is 2.68. The number of halogens is 1. The third kappa shape index (κ3) is 2.49. The maximum absolute atomic E-state index is 5.82. The molecule has 2 aliphatic heterocycles. The topological polar surface area (TPSA) is 72.0 Å². The van der Waals surface area contributed by atoms with Gasteiger partial charge in [-0.15, -0.1) is 0 Å². The Labute approximate surface area is 111 Å². The van der Waals surface area contributed by atoms with E-state index in [2.05, 4.69) is 25.6 Å². The van der Waals surface area contributed by atoms with E-state index in [-0.39, 0.29) is 11.3 Å². The molecule has 2 atom stereocenters. The van der Waals surface area contributed by atoms with E-state index >= 15 is 0 Å². The Morgan fingerprint density at radius 1 is 1.22 bits per heavy atom. The van der Waals surface area contributed by atoms with Crippen molar-refractivity contribution in [2.45, 2.75) is 43.8 Å². The molecule has 0 saturated carbocycles. The van der Waals surface area contributed by atoms with Crippen molar-refractivity contribution in [3.8, 4) is 6.01 Å². The lowest BCUT2D eigenvalue weighted by molar-refractivity contribution is 0.370. The SMILES string of the molecule is COc1nc(Cl)nc(NC2CC3CCC(C2)N3)n1. The molecule has 2 saturated heterocycles. The van der Waals surface area contributed by atoms with Gasteiger partial charge in [-0.05, 0) is 37.3 Å². The smallest absolute Gasteiger partial charge is 0.322 e. The van der Waals surface area contributed by atoms with Gasteiger partial charge in [0.15, 0.2) is 0 Å². The van der Waals surface area contributed by atoms with Crippen molar-refractivity contribution >= 4 is 17.5 Å². The molecule has 0 spiro atoms. The Morgan fingerprint density at radius 3 is 2.61 bits per heavy atom. The van der Waals surface area contributed by atoms with Crippen LogP contribution in [0.2, 0.25) is 5.28 Å². The van der Waals surface area contributed by atoms with Gasteiger partial charge in [0.05, 0.1) is 7.11 Å². The summed E-state index contributed by atoms with van der Waals surface area (Å²) in [4.78, 5) is 12.1. The van der Waals surface area contributed by atoms with Crippen LogP contribution in [0.25, 0.3) is 0 Å². The molecule has 2 aliphatic rings. The molecule has 0 aromatic carbocycles. The molecule has 2 N–H and O–H groups in total. The number of anilines is 1. The highest BCUT2D eigenvalue weighted by molar-refractivity contribution is 6.28. The highest BCUT2D eigenvalue weighted by atomic mass is 35.5. The fourth-order valence-electron chi connectivity index (χ4n) is 2.85. The number of hydrogen-bond donors (Lipinski definition) is 2. The Balaban J connectivity index is 1.70. The van der Waals surface area contributed by atoms with Crippen LogP contribution in [0.15, 0.2) is 0 Å². The van der Waals surface area contributed by atoms with Crippen LogP contribution in [0.4, 0.5) is 5.95 Å². The molecule has 2 fully saturated rings. The molecule has 1 aromatic rings.